The fourth-order valence-electron chi connectivity index (χ4n) is 4.05. The van der Waals surface area contributed by atoms with E-state index in [-0.39, 0.29) is 0 Å². The summed E-state index contributed by atoms with van der Waals surface area (Å²) in [5.74, 6) is 1.70. The van der Waals surface area contributed by atoms with Gasteiger partial charge in [0.2, 0.25) is 5.82 Å². The fourth-order valence-corrected chi connectivity index (χ4v) is 4.32. The number of H-pyrrole nitrogens is 1. The zero-order chi connectivity index (χ0) is 19.8. The molecule has 5 rings (SSSR count). The number of halogens is 1. The van der Waals surface area contributed by atoms with Crippen LogP contribution in [0.5, 0.6) is 0 Å². The third kappa shape index (κ3) is 3.23. The maximum atomic E-state index is 6.50. The monoisotopic (exact) mass is 404 g/mol. The van der Waals surface area contributed by atoms with Gasteiger partial charge in [0.1, 0.15) is 5.82 Å². The first-order chi connectivity index (χ1) is 14.2. The van der Waals surface area contributed by atoms with Crippen LogP contribution in [0.3, 0.4) is 0 Å². The molecular weight excluding hydrogens is 384 g/mol. The van der Waals surface area contributed by atoms with Gasteiger partial charge in [0, 0.05) is 24.9 Å². The summed E-state index contributed by atoms with van der Waals surface area (Å²) in [6, 6.07) is 14.8. The van der Waals surface area contributed by atoms with E-state index in [2.05, 4.69) is 61.4 Å². The minimum absolute atomic E-state index is 0.597. The standard InChI is InChI=1S/C22H21ClN6/c1-2-3-8-20-24-21(23)19-12-16-11-14(9-10-15(16)13-29(19)20)17-6-4-5-7-18(17)22-25-27-28-26-22/h4-7,9-11H,2-3,8,12-13H2,1H3,(H,25,26,27,28). The molecule has 4 aromatic rings. The first-order valence-corrected chi connectivity index (χ1v) is 10.3. The third-order valence-corrected chi connectivity index (χ3v) is 5.88. The summed E-state index contributed by atoms with van der Waals surface area (Å²) in [4.78, 5) is 4.64. The van der Waals surface area contributed by atoms with Crippen LogP contribution >= 0.6 is 11.6 Å². The first-order valence-electron chi connectivity index (χ1n) is 9.93. The number of hydrogen-bond donors (Lipinski definition) is 1. The van der Waals surface area contributed by atoms with Gasteiger partial charge in [0.15, 0.2) is 5.15 Å². The van der Waals surface area contributed by atoms with Gasteiger partial charge in [0.05, 0.1) is 5.69 Å². The molecule has 0 atom stereocenters. The normalized spacial score (nSPS) is 12.6. The Balaban J connectivity index is 1.52. The predicted molar refractivity (Wildman–Crippen MR) is 113 cm³/mol. The molecule has 29 heavy (non-hydrogen) atoms. The molecule has 1 aliphatic heterocycles. The molecule has 0 spiro atoms. The van der Waals surface area contributed by atoms with Gasteiger partial charge in [-0.25, -0.2) is 4.98 Å². The summed E-state index contributed by atoms with van der Waals surface area (Å²) in [6.45, 7) is 3.03. The van der Waals surface area contributed by atoms with Crippen LogP contribution < -0.4 is 0 Å². The Labute approximate surface area is 174 Å². The maximum absolute atomic E-state index is 6.50. The lowest BCUT2D eigenvalue weighted by Crippen LogP contribution is -2.16. The van der Waals surface area contributed by atoms with Crippen molar-refractivity contribution in [1.29, 1.82) is 0 Å². The molecule has 0 aliphatic carbocycles. The van der Waals surface area contributed by atoms with Crippen LogP contribution in [-0.4, -0.2) is 30.2 Å². The van der Waals surface area contributed by atoms with E-state index in [1.807, 2.05) is 18.2 Å². The van der Waals surface area contributed by atoms with Crippen molar-refractivity contribution in [3.63, 3.8) is 0 Å². The van der Waals surface area contributed by atoms with E-state index >= 15 is 0 Å². The molecule has 1 N–H and O–H groups in total. The summed E-state index contributed by atoms with van der Waals surface area (Å²) < 4.78 is 2.30. The second kappa shape index (κ2) is 7.44. The minimum atomic E-state index is 0.597. The zero-order valence-electron chi connectivity index (χ0n) is 16.2. The molecular formula is C22H21ClN6. The number of aromatic nitrogens is 6. The van der Waals surface area contributed by atoms with E-state index < -0.39 is 0 Å². The number of aromatic amines is 1. The van der Waals surface area contributed by atoms with Gasteiger partial charge in [-0.15, -0.1) is 10.2 Å². The largest absolute Gasteiger partial charge is 0.326 e. The van der Waals surface area contributed by atoms with Crippen molar-refractivity contribution in [1.82, 2.24) is 30.2 Å². The number of unbranched alkanes of at least 4 members (excludes halogenated alkanes) is 1. The molecule has 0 unspecified atom stereocenters. The molecule has 2 aromatic carbocycles. The van der Waals surface area contributed by atoms with Crippen LogP contribution in [-0.2, 0) is 19.4 Å². The molecule has 0 saturated carbocycles. The highest BCUT2D eigenvalue weighted by Crippen LogP contribution is 2.34. The highest BCUT2D eigenvalue weighted by atomic mass is 35.5. The fraction of sp³-hybridized carbons (Fsp3) is 0.273. The smallest absolute Gasteiger partial charge is 0.205 e. The molecule has 146 valence electrons. The lowest BCUT2D eigenvalue weighted by Gasteiger charge is -2.22. The third-order valence-electron chi connectivity index (χ3n) is 5.57. The SMILES string of the molecule is CCCCc1nc(Cl)c2n1Cc1ccc(-c3ccccc3-c3nn[nH]n3)cc1C2. The number of nitrogens with one attached hydrogen (secondary N) is 1. The van der Waals surface area contributed by atoms with Crippen molar-refractivity contribution >= 4 is 11.6 Å². The number of benzene rings is 2. The van der Waals surface area contributed by atoms with Gasteiger partial charge in [-0.3, -0.25) is 0 Å². The molecule has 0 amide bonds. The van der Waals surface area contributed by atoms with Crippen molar-refractivity contribution in [2.24, 2.45) is 0 Å². The molecule has 7 heteroatoms. The Morgan fingerprint density at radius 3 is 2.76 bits per heavy atom. The van der Waals surface area contributed by atoms with E-state index in [1.165, 1.54) is 11.1 Å². The number of aryl methyl sites for hydroxylation is 1. The Morgan fingerprint density at radius 1 is 1.10 bits per heavy atom. The molecule has 0 bridgehead atoms. The van der Waals surface area contributed by atoms with Crippen LogP contribution in [0.15, 0.2) is 42.5 Å². The summed E-state index contributed by atoms with van der Waals surface area (Å²) in [7, 11) is 0. The van der Waals surface area contributed by atoms with Crippen molar-refractivity contribution in [2.75, 3.05) is 0 Å². The lowest BCUT2D eigenvalue weighted by atomic mass is 9.92. The minimum Gasteiger partial charge on any atom is -0.326 e. The van der Waals surface area contributed by atoms with Crippen LogP contribution in [0, 0.1) is 0 Å². The Kier molecular flexibility index (Phi) is 4.64. The molecule has 0 saturated heterocycles. The van der Waals surface area contributed by atoms with E-state index in [9.17, 15) is 0 Å². The van der Waals surface area contributed by atoms with Crippen molar-refractivity contribution in [3.8, 4) is 22.5 Å². The van der Waals surface area contributed by atoms with Crippen molar-refractivity contribution in [2.45, 2.75) is 39.2 Å². The molecule has 0 fully saturated rings. The number of hydrogen-bond acceptors (Lipinski definition) is 4. The Morgan fingerprint density at radius 2 is 1.97 bits per heavy atom. The summed E-state index contributed by atoms with van der Waals surface area (Å²) in [6.07, 6.45) is 4.05. The second-order valence-corrected chi connectivity index (χ2v) is 7.75. The van der Waals surface area contributed by atoms with Gasteiger partial charge >= 0.3 is 0 Å². The summed E-state index contributed by atoms with van der Waals surface area (Å²) in [5, 5.41) is 15.2. The maximum Gasteiger partial charge on any atom is 0.205 e. The van der Waals surface area contributed by atoms with Crippen LogP contribution in [0.2, 0.25) is 5.15 Å². The highest BCUT2D eigenvalue weighted by Gasteiger charge is 2.23. The highest BCUT2D eigenvalue weighted by molar-refractivity contribution is 6.30. The molecule has 6 nitrogen and oxygen atoms in total. The number of fused-ring (bicyclic) bond motifs is 2. The zero-order valence-corrected chi connectivity index (χ0v) is 16.9. The topological polar surface area (TPSA) is 72.3 Å². The number of imidazole rings is 1. The van der Waals surface area contributed by atoms with E-state index in [0.29, 0.717) is 11.0 Å². The summed E-state index contributed by atoms with van der Waals surface area (Å²) in [5.41, 5.74) is 6.92. The van der Waals surface area contributed by atoms with Crippen LogP contribution in [0.25, 0.3) is 22.5 Å². The van der Waals surface area contributed by atoms with Gasteiger partial charge in [-0.1, -0.05) is 67.4 Å². The van der Waals surface area contributed by atoms with Gasteiger partial charge < -0.3 is 4.57 Å². The van der Waals surface area contributed by atoms with Crippen molar-refractivity contribution in [3.05, 3.63) is 70.3 Å². The number of nitrogens with zero attached hydrogens (tertiary/aromatic N) is 5. The van der Waals surface area contributed by atoms with Gasteiger partial charge in [0.25, 0.3) is 0 Å². The average molecular weight is 405 g/mol. The number of tetrazole rings is 1. The predicted octanol–water partition coefficient (Wildman–Crippen LogP) is 4.68. The number of rotatable bonds is 5. The van der Waals surface area contributed by atoms with Gasteiger partial charge in [-0.2, -0.15) is 5.21 Å². The molecule has 2 aromatic heterocycles. The molecule has 3 heterocycles. The van der Waals surface area contributed by atoms with E-state index in [0.717, 1.165) is 60.4 Å². The first kappa shape index (κ1) is 18.1. The Bertz CT molecular complexity index is 1160. The summed E-state index contributed by atoms with van der Waals surface area (Å²) >= 11 is 6.50. The Hall–Kier alpha value is -2.99. The van der Waals surface area contributed by atoms with Crippen LogP contribution in [0.4, 0.5) is 0 Å². The quantitative estimate of drug-likeness (QED) is 0.461. The average Bonchev–Trinajstić information content (AvgIpc) is 3.39. The molecule has 0 radical (unpaired) electrons. The van der Waals surface area contributed by atoms with E-state index in [1.54, 1.807) is 0 Å². The van der Waals surface area contributed by atoms with E-state index in [4.69, 9.17) is 11.6 Å². The van der Waals surface area contributed by atoms with Crippen LogP contribution in [0.1, 0.15) is 42.4 Å². The second-order valence-electron chi connectivity index (χ2n) is 7.40. The lowest BCUT2D eigenvalue weighted by molar-refractivity contribution is 0.642. The van der Waals surface area contributed by atoms with Crippen molar-refractivity contribution < 1.29 is 0 Å². The molecule has 1 aliphatic rings. The van der Waals surface area contributed by atoms with Gasteiger partial charge in [-0.05, 0) is 33.9 Å².